The molecular formula is C15H15N3OS2. The first-order chi connectivity index (χ1) is 10.2. The Balaban J connectivity index is 1.74. The molecule has 0 saturated carbocycles. The van der Waals surface area contributed by atoms with Crippen LogP contribution in [-0.4, -0.2) is 15.5 Å². The first-order valence-corrected chi connectivity index (χ1v) is 8.36. The Morgan fingerprint density at radius 1 is 1.33 bits per heavy atom. The Kier molecular flexibility index (Phi) is 4.17. The Morgan fingerprint density at radius 2 is 2.14 bits per heavy atom. The van der Waals surface area contributed by atoms with Crippen LogP contribution < -0.4 is 5.32 Å². The average molecular weight is 317 g/mol. The highest BCUT2D eigenvalue weighted by Crippen LogP contribution is 2.27. The summed E-state index contributed by atoms with van der Waals surface area (Å²) in [6.45, 7) is 1.92. The van der Waals surface area contributed by atoms with Gasteiger partial charge >= 0.3 is 0 Å². The zero-order valence-electron chi connectivity index (χ0n) is 11.5. The van der Waals surface area contributed by atoms with Crippen molar-refractivity contribution in [2.45, 2.75) is 19.4 Å². The van der Waals surface area contributed by atoms with Gasteiger partial charge in [0, 0.05) is 22.7 Å². The van der Waals surface area contributed by atoms with Gasteiger partial charge in [-0.2, -0.15) is 0 Å². The van der Waals surface area contributed by atoms with Crippen LogP contribution in [0.5, 0.6) is 0 Å². The van der Waals surface area contributed by atoms with Crippen molar-refractivity contribution in [1.29, 1.82) is 0 Å². The monoisotopic (exact) mass is 317 g/mol. The summed E-state index contributed by atoms with van der Waals surface area (Å²) < 4.78 is 2.07. The molecule has 3 rings (SSSR count). The van der Waals surface area contributed by atoms with Gasteiger partial charge in [0.2, 0.25) is 5.91 Å². The van der Waals surface area contributed by atoms with Crippen molar-refractivity contribution in [3.63, 3.8) is 0 Å². The van der Waals surface area contributed by atoms with Gasteiger partial charge in [0.25, 0.3) is 0 Å². The molecule has 0 fully saturated rings. The third kappa shape index (κ3) is 3.40. The van der Waals surface area contributed by atoms with Gasteiger partial charge in [-0.25, -0.2) is 4.98 Å². The van der Waals surface area contributed by atoms with Crippen LogP contribution in [0.1, 0.15) is 23.0 Å². The van der Waals surface area contributed by atoms with Gasteiger partial charge in [-0.1, -0.05) is 6.07 Å². The van der Waals surface area contributed by atoms with Crippen molar-refractivity contribution >= 4 is 33.7 Å². The molecule has 21 heavy (non-hydrogen) atoms. The highest BCUT2D eigenvalue weighted by atomic mass is 32.1. The highest BCUT2D eigenvalue weighted by molar-refractivity contribution is 7.13. The number of rotatable bonds is 5. The maximum absolute atomic E-state index is 12.3. The fourth-order valence-electron chi connectivity index (χ4n) is 2.15. The summed E-state index contributed by atoms with van der Waals surface area (Å²) in [4.78, 5) is 17.7. The summed E-state index contributed by atoms with van der Waals surface area (Å²) in [5.74, 6) is -0.0172. The van der Waals surface area contributed by atoms with Crippen LogP contribution in [0.2, 0.25) is 0 Å². The normalized spacial score (nSPS) is 12.2. The largest absolute Gasteiger partial charge is 0.346 e. The number of amides is 1. The molecule has 4 nitrogen and oxygen atoms in total. The van der Waals surface area contributed by atoms with Gasteiger partial charge in [-0.05, 0) is 30.5 Å². The number of carbonyl (C=O) groups is 1. The van der Waals surface area contributed by atoms with Crippen LogP contribution >= 0.6 is 22.7 Å². The van der Waals surface area contributed by atoms with Gasteiger partial charge < -0.3 is 9.88 Å². The minimum Gasteiger partial charge on any atom is -0.346 e. The SMILES string of the molecule is Cc1csc(NC(=O)C[C@H](c2cccs2)n2cccc2)n1. The van der Waals surface area contributed by atoms with E-state index in [4.69, 9.17) is 0 Å². The maximum atomic E-state index is 12.3. The molecule has 6 heteroatoms. The van der Waals surface area contributed by atoms with E-state index in [1.54, 1.807) is 11.3 Å². The zero-order valence-corrected chi connectivity index (χ0v) is 13.2. The summed E-state index contributed by atoms with van der Waals surface area (Å²) in [6.07, 6.45) is 4.38. The van der Waals surface area contributed by atoms with Crippen molar-refractivity contribution in [3.05, 3.63) is 58.0 Å². The van der Waals surface area contributed by atoms with E-state index >= 15 is 0 Å². The van der Waals surface area contributed by atoms with Crippen molar-refractivity contribution in [2.75, 3.05) is 5.32 Å². The van der Waals surface area contributed by atoms with Crippen molar-refractivity contribution in [1.82, 2.24) is 9.55 Å². The lowest BCUT2D eigenvalue weighted by Crippen LogP contribution is -2.18. The molecule has 3 aromatic rings. The molecule has 1 amide bonds. The van der Waals surface area contributed by atoms with E-state index in [9.17, 15) is 4.79 Å². The van der Waals surface area contributed by atoms with Crippen molar-refractivity contribution < 1.29 is 4.79 Å². The van der Waals surface area contributed by atoms with E-state index in [1.807, 2.05) is 48.3 Å². The molecule has 1 N–H and O–H groups in total. The van der Waals surface area contributed by atoms with E-state index in [-0.39, 0.29) is 11.9 Å². The summed E-state index contributed by atoms with van der Waals surface area (Å²) in [5, 5.41) is 7.50. The molecule has 3 aromatic heterocycles. The van der Waals surface area contributed by atoms with E-state index in [1.165, 1.54) is 16.2 Å². The molecule has 0 radical (unpaired) electrons. The van der Waals surface area contributed by atoms with Gasteiger partial charge in [0.05, 0.1) is 18.2 Å². The first-order valence-electron chi connectivity index (χ1n) is 6.60. The zero-order chi connectivity index (χ0) is 14.7. The molecule has 108 valence electrons. The number of carbonyl (C=O) groups excluding carboxylic acids is 1. The minimum absolute atomic E-state index is 0.0172. The quantitative estimate of drug-likeness (QED) is 0.775. The van der Waals surface area contributed by atoms with Gasteiger partial charge in [-0.15, -0.1) is 22.7 Å². The fraction of sp³-hybridized carbons (Fsp3) is 0.200. The number of anilines is 1. The molecule has 0 aliphatic heterocycles. The average Bonchev–Trinajstić information content (AvgIpc) is 3.19. The summed E-state index contributed by atoms with van der Waals surface area (Å²) in [5.41, 5.74) is 0.926. The Morgan fingerprint density at radius 3 is 2.76 bits per heavy atom. The topological polar surface area (TPSA) is 46.9 Å². The number of nitrogens with zero attached hydrogens (tertiary/aromatic N) is 2. The molecule has 3 heterocycles. The second-order valence-electron chi connectivity index (χ2n) is 4.71. The van der Waals surface area contributed by atoms with Crippen molar-refractivity contribution in [2.24, 2.45) is 0 Å². The number of hydrogen-bond acceptors (Lipinski definition) is 4. The molecule has 0 aliphatic carbocycles. The van der Waals surface area contributed by atoms with Crippen molar-refractivity contribution in [3.8, 4) is 0 Å². The third-order valence-electron chi connectivity index (χ3n) is 3.10. The number of nitrogens with one attached hydrogen (secondary N) is 1. The second-order valence-corrected chi connectivity index (χ2v) is 6.55. The molecule has 1 atom stereocenters. The number of aryl methyl sites for hydroxylation is 1. The van der Waals surface area contributed by atoms with E-state index in [2.05, 4.69) is 20.9 Å². The minimum atomic E-state index is -0.0172. The Bertz CT molecular complexity index is 667. The molecule has 0 saturated heterocycles. The summed E-state index contributed by atoms with van der Waals surface area (Å²) in [7, 11) is 0. The van der Waals surface area contributed by atoms with Crippen LogP contribution in [0, 0.1) is 6.92 Å². The smallest absolute Gasteiger partial charge is 0.228 e. The fourth-order valence-corrected chi connectivity index (χ4v) is 3.68. The van der Waals surface area contributed by atoms with Gasteiger partial charge in [0.15, 0.2) is 5.13 Å². The van der Waals surface area contributed by atoms with Crippen LogP contribution in [0.25, 0.3) is 0 Å². The molecule has 0 bridgehead atoms. The lowest BCUT2D eigenvalue weighted by molar-refractivity contribution is -0.116. The number of thiophene rings is 1. The lowest BCUT2D eigenvalue weighted by atomic mass is 10.1. The Labute approximate surface area is 131 Å². The van der Waals surface area contributed by atoms with Gasteiger partial charge in [-0.3, -0.25) is 4.79 Å². The lowest BCUT2D eigenvalue weighted by Gasteiger charge is -2.17. The van der Waals surface area contributed by atoms with Crippen LogP contribution in [-0.2, 0) is 4.79 Å². The number of hydrogen-bond donors (Lipinski definition) is 1. The first kappa shape index (κ1) is 14.0. The molecule has 0 unspecified atom stereocenters. The van der Waals surface area contributed by atoms with Crippen LogP contribution in [0.3, 0.4) is 0 Å². The predicted octanol–water partition coefficient (Wildman–Crippen LogP) is 3.93. The standard InChI is InChI=1S/C15H15N3OS2/c1-11-10-21-15(16-11)17-14(19)9-12(13-5-4-8-20-13)18-6-2-3-7-18/h2-8,10,12H,9H2,1H3,(H,16,17,19)/t12-/m1/s1. The second kappa shape index (κ2) is 6.24. The molecule has 0 spiro atoms. The number of thiazole rings is 1. The predicted molar refractivity (Wildman–Crippen MR) is 87.0 cm³/mol. The number of aromatic nitrogens is 2. The molecular weight excluding hydrogens is 302 g/mol. The Hall–Kier alpha value is -1.92. The van der Waals surface area contributed by atoms with E-state index < -0.39 is 0 Å². The van der Waals surface area contributed by atoms with E-state index in [0.29, 0.717) is 11.6 Å². The molecule has 0 aromatic carbocycles. The highest BCUT2D eigenvalue weighted by Gasteiger charge is 2.18. The maximum Gasteiger partial charge on any atom is 0.228 e. The third-order valence-corrected chi connectivity index (χ3v) is 4.95. The van der Waals surface area contributed by atoms with Gasteiger partial charge in [0.1, 0.15) is 0 Å². The summed E-state index contributed by atoms with van der Waals surface area (Å²) >= 11 is 3.12. The van der Waals surface area contributed by atoms with Crippen LogP contribution in [0.4, 0.5) is 5.13 Å². The van der Waals surface area contributed by atoms with Crippen LogP contribution in [0.15, 0.2) is 47.4 Å². The molecule has 0 aliphatic rings. The van der Waals surface area contributed by atoms with E-state index in [0.717, 1.165) is 5.69 Å². The summed E-state index contributed by atoms with van der Waals surface area (Å²) in [6, 6.07) is 8.06.